The maximum absolute atomic E-state index is 12.5. The van der Waals surface area contributed by atoms with Gasteiger partial charge in [0.25, 0.3) is 0 Å². The molecule has 2 heterocycles. The Labute approximate surface area is 162 Å². The number of rotatable bonds is 7. The molecule has 8 nitrogen and oxygen atoms in total. The normalized spacial score (nSPS) is 16.9. The Morgan fingerprint density at radius 2 is 1.86 bits per heavy atom. The van der Waals surface area contributed by atoms with Gasteiger partial charge in [0.05, 0.1) is 12.2 Å². The average molecular weight is 422 g/mol. The Kier molecular flexibility index (Phi) is 7.87. The van der Waals surface area contributed by atoms with Gasteiger partial charge in [0.15, 0.2) is 5.96 Å². The summed E-state index contributed by atoms with van der Waals surface area (Å²) < 4.78 is 62.9. The molecule has 1 saturated heterocycles. The molecule has 2 N–H and O–H groups in total. The van der Waals surface area contributed by atoms with Crippen LogP contribution >= 0.6 is 0 Å². The lowest BCUT2D eigenvalue weighted by Crippen LogP contribution is -2.50. The maximum atomic E-state index is 12.5. The van der Waals surface area contributed by atoms with Gasteiger partial charge < -0.3 is 15.5 Å². The summed E-state index contributed by atoms with van der Waals surface area (Å²) in [6.07, 6.45) is -3.56. The van der Waals surface area contributed by atoms with E-state index >= 15 is 0 Å². The van der Waals surface area contributed by atoms with Crippen LogP contribution in [0.2, 0.25) is 0 Å². The number of aliphatic imine (C=N–C) groups is 1. The molecular weight excluding hydrogens is 397 g/mol. The van der Waals surface area contributed by atoms with E-state index in [0.29, 0.717) is 26.2 Å². The highest BCUT2D eigenvalue weighted by molar-refractivity contribution is 7.89. The van der Waals surface area contributed by atoms with Gasteiger partial charge in [-0.25, -0.2) is 13.4 Å². The lowest BCUT2D eigenvalue weighted by molar-refractivity contribution is -0.132. The third-order valence-corrected chi connectivity index (χ3v) is 6.05. The molecule has 2 rings (SSSR count). The number of nitrogens with one attached hydrogen (secondary N) is 2. The van der Waals surface area contributed by atoms with Crippen LogP contribution in [0, 0.1) is 0 Å². The van der Waals surface area contributed by atoms with E-state index in [9.17, 15) is 21.6 Å². The molecule has 28 heavy (non-hydrogen) atoms. The van der Waals surface area contributed by atoms with Crippen molar-refractivity contribution in [3.8, 4) is 0 Å². The summed E-state index contributed by atoms with van der Waals surface area (Å²) in [5.41, 5.74) is 0. The van der Waals surface area contributed by atoms with Crippen molar-refractivity contribution in [2.24, 2.45) is 4.99 Å². The highest BCUT2D eigenvalue weighted by atomic mass is 32.2. The number of hydrogen-bond acceptors (Lipinski definition) is 5. The second-order valence-corrected chi connectivity index (χ2v) is 8.27. The first-order valence-electron chi connectivity index (χ1n) is 8.86. The number of halogens is 3. The number of aromatic nitrogens is 1. The molecule has 0 amide bonds. The van der Waals surface area contributed by atoms with Gasteiger partial charge >= 0.3 is 6.18 Å². The number of alkyl halides is 3. The number of piperazine rings is 1. The van der Waals surface area contributed by atoms with Crippen molar-refractivity contribution in [2.75, 3.05) is 57.0 Å². The molecule has 1 aromatic heterocycles. The molecule has 0 aliphatic carbocycles. The summed E-state index contributed by atoms with van der Waals surface area (Å²) in [7, 11) is -2.06. The third-order valence-electron chi connectivity index (χ3n) is 4.18. The van der Waals surface area contributed by atoms with Crippen molar-refractivity contribution >= 4 is 21.8 Å². The van der Waals surface area contributed by atoms with E-state index in [1.807, 2.05) is 23.1 Å². The zero-order chi connectivity index (χ0) is 20.6. The molecule has 1 aliphatic heterocycles. The molecule has 0 unspecified atom stereocenters. The Morgan fingerprint density at radius 3 is 2.43 bits per heavy atom. The van der Waals surface area contributed by atoms with E-state index in [1.54, 1.807) is 6.20 Å². The lowest BCUT2D eigenvalue weighted by atomic mass is 10.3. The fourth-order valence-corrected chi connectivity index (χ4v) is 4.04. The number of anilines is 1. The van der Waals surface area contributed by atoms with Gasteiger partial charge in [-0.2, -0.15) is 17.5 Å². The minimum Gasteiger partial charge on any atom is -0.356 e. The van der Waals surface area contributed by atoms with Gasteiger partial charge in [-0.3, -0.25) is 4.99 Å². The number of sulfonamides is 1. The van der Waals surface area contributed by atoms with Crippen molar-refractivity contribution in [3.05, 3.63) is 24.4 Å². The monoisotopic (exact) mass is 422 g/mol. The second kappa shape index (κ2) is 9.92. The van der Waals surface area contributed by atoms with E-state index in [-0.39, 0.29) is 24.8 Å². The standard InChI is InChI=1S/C16H25F3N6O2S/c1-20-15(22-7-5-16(17,18)19)23-8-13-28(26,27)25-11-9-24(10-12-25)14-4-2-3-6-21-14/h2-4,6H,5,7-13H2,1H3,(H2,20,22,23). The number of guanidine groups is 1. The van der Waals surface area contributed by atoms with Crippen molar-refractivity contribution in [3.63, 3.8) is 0 Å². The number of hydrogen-bond donors (Lipinski definition) is 2. The smallest absolute Gasteiger partial charge is 0.356 e. The molecule has 1 aromatic rings. The van der Waals surface area contributed by atoms with Crippen LogP contribution in [0.3, 0.4) is 0 Å². The fraction of sp³-hybridized carbons (Fsp3) is 0.625. The fourth-order valence-electron chi connectivity index (χ4n) is 2.71. The van der Waals surface area contributed by atoms with Gasteiger partial charge in [-0.05, 0) is 12.1 Å². The van der Waals surface area contributed by atoms with E-state index in [2.05, 4.69) is 20.6 Å². The van der Waals surface area contributed by atoms with Gasteiger partial charge in [-0.15, -0.1) is 0 Å². The molecular formula is C16H25F3N6O2S. The van der Waals surface area contributed by atoms with Crippen molar-refractivity contribution < 1.29 is 21.6 Å². The van der Waals surface area contributed by atoms with Gasteiger partial charge in [0.1, 0.15) is 5.82 Å². The minimum absolute atomic E-state index is 0.0501. The zero-order valence-electron chi connectivity index (χ0n) is 15.6. The van der Waals surface area contributed by atoms with Crippen LogP contribution in [0.1, 0.15) is 6.42 Å². The van der Waals surface area contributed by atoms with E-state index in [0.717, 1.165) is 5.82 Å². The predicted octanol–water partition coefficient (Wildman–Crippen LogP) is 0.651. The highest BCUT2D eigenvalue weighted by Gasteiger charge is 2.28. The Bertz CT molecular complexity index is 734. The summed E-state index contributed by atoms with van der Waals surface area (Å²) in [6.45, 7) is 1.53. The molecule has 12 heteroatoms. The maximum Gasteiger partial charge on any atom is 0.390 e. The predicted molar refractivity (Wildman–Crippen MR) is 102 cm³/mol. The average Bonchev–Trinajstić information content (AvgIpc) is 2.66. The van der Waals surface area contributed by atoms with E-state index in [4.69, 9.17) is 0 Å². The SMILES string of the molecule is CN=C(NCCC(F)(F)F)NCCS(=O)(=O)N1CCN(c2ccccn2)CC1. The van der Waals surface area contributed by atoms with Gasteiger partial charge in [-0.1, -0.05) is 6.07 Å². The van der Waals surface area contributed by atoms with Crippen molar-refractivity contribution in [1.82, 2.24) is 19.9 Å². The first-order chi connectivity index (χ1) is 13.2. The topological polar surface area (TPSA) is 89.9 Å². The van der Waals surface area contributed by atoms with Crippen LogP contribution in [-0.2, 0) is 10.0 Å². The molecule has 1 aliphatic rings. The minimum atomic E-state index is -4.26. The summed E-state index contributed by atoms with van der Waals surface area (Å²) in [5.74, 6) is 0.783. The Morgan fingerprint density at radius 1 is 1.18 bits per heavy atom. The lowest BCUT2D eigenvalue weighted by Gasteiger charge is -2.34. The molecule has 0 aromatic carbocycles. The van der Waals surface area contributed by atoms with Crippen LogP contribution < -0.4 is 15.5 Å². The van der Waals surface area contributed by atoms with Gasteiger partial charge in [0, 0.05) is 52.5 Å². The molecule has 0 bridgehead atoms. The summed E-state index contributed by atoms with van der Waals surface area (Å²) in [6, 6.07) is 5.58. The molecule has 0 radical (unpaired) electrons. The van der Waals surface area contributed by atoms with Gasteiger partial charge in [0.2, 0.25) is 10.0 Å². The van der Waals surface area contributed by atoms with Crippen LogP contribution in [-0.4, -0.2) is 81.9 Å². The van der Waals surface area contributed by atoms with E-state index < -0.39 is 22.6 Å². The van der Waals surface area contributed by atoms with Crippen LogP contribution in [0.4, 0.5) is 19.0 Å². The van der Waals surface area contributed by atoms with Crippen LogP contribution in [0.25, 0.3) is 0 Å². The molecule has 0 spiro atoms. The third kappa shape index (κ3) is 7.15. The van der Waals surface area contributed by atoms with Crippen molar-refractivity contribution in [1.29, 1.82) is 0 Å². The molecule has 158 valence electrons. The quantitative estimate of drug-likeness (QED) is 0.496. The summed E-state index contributed by atoms with van der Waals surface area (Å²) in [5, 5.41) is 5.24. The number of nitrogens with zero attached hydrogens (tertiary/aromatic N) is 4. The molecule has 0 saturated carbocycles. The Hall–Kier alpha value is -2.08. The van der Waals surface area contributed by atoms with Crippen LogP contribution in [0.15, 0.2) is 29.4 Å². The van der Waals surface area contributed by atoms with E-state index in [1.165, 1.54) is 11.4 Å². The number of pyridine rings is 1. The van der Waals surface area contributed by atoms with Crippen LogP contribution in [0.5, 0.6) is 0 Å². The zero-order valence-corrected chi connectivity index (χ0v) is 16.4. The molecule has 1 fully saturated rings. The second-order valence-electron chi connectivity index (χ2n) is 6.18. The first kappa shape index (κ1) is 22.2. The summed E-state index contributed by atoms with van der Waals surface area (Å²) in [4.78, 5) is 10.1. The van der Waals surface area contributed by atoms with Crippen molar-refractivity contribution in [2.45, 2.75) is 12.6 Å². The first-order valence-corrected chi connectivity index (χ1v) is 10.5. The largest absolute Gasteiger partial charge is 0.390 e. The summed E-state index contributed by atoms with van der Waals surface area (Å²) >= 11 is 0. The molecule has 0 atom stereocenters. The highest BCUT2D eigenvalue weighted by Crippen LogP contribution is 2.18. The Balaban J connectivity index is 1.75.